The van der Waals surface area contributed by atoms with Gasteiger partial charge in [0.2, 0.25) is 0 Å². The minimum absolute atomic E-state index is 0.00992. The van der Waals surface area contributed by atoms with Gasteiger partial charge in [0.05, 0.1) is 11.9 Å². The molecular formula is C26H34BrN3O2. The van der Waals surface area contributed by atoms with E-state index in [2.05, 4.69) is 61.0 Å². The van der Waals surface area contributed by atoms with Crippen LogP contribution in [0.2, 0.25) is 0 Å². The smallest absolute Gasteiger partial charge is 0.283 e. The number of benzene rings is 1. The van der Waals surface area contributed by atoms with Gasteiger partial charge in [-0.05, 0) is 62.9 Å². The second kappa shape index (κ2) is 8.44. The highest BCUT2D eigenvalue weighted by molar-refractivity contribution is 9.10. The zero-order valence-corrected chi connectivity index (χ0v) is 21.3. The van der Waals surface area contributed by atoms with Gasteiger partial charge in [-0.1, -0.05) is 65.0 Å². The van der Waals surface area contributed by atoms with Crippen LogP contribution in [0, 0.1) is 23.2 Å². The maximum Gasteiger partial charge on any atom is 0.283 e. The monoisotopic (exact) mass is 499 g/mol. The Morgan fingerprint density at radius 1 is 1.25 bits per heavy atom. The van der Waals surface area contributed by atoms with Crippen molar-refractivity contribution in [3.8, 4) is 0 Å². The van der Waals surface area contributed by atoms with Crippen LogP contribution in [-0.4, -0.2) is 21.6 Å². The molecule has 3 aliphatic carbocycles. The highest BCUT2D eigenvalue weighted by Gasteiger charge is 2.56. The number of nitrogens with one attached hydrogen (secondary N) is 1. The Bertz CT molecular complexity index is 1060. The molecule has 0 aliphatic heterocycles. The van der Waals surface area contributed by atoms with Crippen molar-refractivity contribution in [3.05, 3.63) is 56.9 Å². The van der Waals surface area contributed by atoms with Crippen LogP contribution in [0.1, 0.15) is 59.4 Å². The summed E-state index contributed by atoms with van der Waals surface area (Å²) in [5.74, 6) is 1.99. The lowest BCUT2D eigenvalue weighted by Crippen LogP contribution is -2.58. The summed E-state index contributed by atoms with van der Waals surface area (Å²) < 4.78 is 1.72. The first-order valence-corrected chi connectivity index (χ1v) is 12.4. The minimum atomic E-state index is -0.299. The summed E-state index contributed by atoms with van der Waals surface area (Å²) in [6.45, 7) is 11.2. The number of ketones is 1. The molecule has 2 aromatic rings. The number of hydrogen-bond acceptors (Lipinski definition) is 4. The van der Waals surface area contributed by atoms with Gasteiger partial charge in [0.25, 0.3) is 5.56 Å². The van der Waals surface area contributed by atoms with Crippen LogP contribution < -0.4 is 10.9 Å². The van der Waals surface area contributed by atoms with Crippen LogP contribution in [0.25, 0.3) is 0 Å². The molecule has 2 bridgehead atoms. The van der Waals surface area contributed by atoms with Crippen molar-refractivity contribution in [1.82, 2.24) is 9.78 Å². The number of aromatic nitrogens is 2. The zero-order valence-electron chi connectivity index (χ0n) is 19.7. The van der Waals surface area contributed by atoms with Gasteiger partial charge in [-0.3, -0.25) is 9.59 Å². The van der Waals surface area contributed by atoms with Crippen molar-refractivity contribution in [1.29, 1.82) is 0 Å². The molecule has 1 aromatic carbocycles. The minimum Gasteiger partial charge on any atom is -0.380 e. The summed E-state index contributed by atoms with van der Waals surface area (Å²) in [5, 5.41) is 7.89. The molecule has 5 rings (SSSR count). The number of hydrogen-bond donors (Lipinski definition) is 1. The van der Waals surface area contributed by atoms with E-state index < -0.39 is 0 Å². The van der Waals surface area contributed by atoms with E-state index in [1.807, 2.05) is 30.3 Å². The molecule has 3 aliphatic rings. The molecule has 5 nitrogen and oxygen atoms in total. The summed E-state index contributed by atoms with van der Waals surface area (Å²) in [6.07, 6.45) is 4.46. The van der Waals surface area contributed by atoms with E-state index in [1.165, 1.54) is 11.1 Å². The standard InChI is InChI=1S/C26H34BrN3O2/c1-16-20-11-18(26(20,4)5)12-21(16)29-22-14-28-30(24(32)23(22)27)15-19(31)13-25(2,3)17-9-7-6-8-10-17/h6-10,14,16,18,20-21,29H,11-13,15H2,1-5H3/t16-,18+,20-,21-/m1/s1. The number of nitrogens with zero attached hydrogens (tertiary/aromatic N) is 2. The maximum absolute atomic E-state index is 12.9. The van der Waals surface area contributed by atoms with Gasteiger partial charge in [-0.2, -0.15) is 5.10 Å². The van der Waals surface area contributed by atoms with E-state index in [4.69, 9.17) is 0 Å². The van der Waals surface area contributed by atoms with Gasteiger partial charge in [0.15, 0.2) is 5.78 Å². The molecule has 3 fully saturated rings. The average molecular weight is 500 g/mol. The molecule has 172 valence electrons. The molecule has 3 saturated carbocycles. The van der Waals surface area contributed by atoms with Crippen molar-refractivity contribution in [2.45, 2.75) is 71.9 Å². The molecule has 0 radical (unpaired) electrons. The van der Waals surface area contributed by atoms with Crippen LogP contribution in [0.15, 0.2) is 45.8 Å². The van der Waals surface area contributed by atoms with Crippen molar-refractivity contribution < 1.29 is 4.79 Å². The lowest BCUT2D eigenvalue weighted by molar-refractivity contribution is -0.120. The topological polar surface area (TPSA) is 64.0 Å². The first-order valence-electron chi connectivity index (χ1n) is 11.6. The van der Waals surface area contributed by atoms with Gasteiger partial charge in [0.1, 0.15) is 11.0 Å². The normalized spacial score (nSPS) is 26.3. The Kier molecular flexibility index (Phi) is 6.12. The van der Waals surface area contributed by atoms with E-state index in [1.54, 1.807) is 6.20 Å². The number of carbonyl (C=O) groups excluding carboxylic acids is 1. The largest absolute Gasteiger partial charge is 0.380 e. The molecule has 0 amide bonds. The number of fused-ring (bicyclic) bond motifs is 2. The Morgan fingerprint density at radius 3 is 2.56 bits per heavy atom. The van der Waals surface area contributed by atoms with Gasteiger partial charge in [0, 0.05) is 12.5 Å². The molecule has 32 heavy (non-hydrogen) atoms. The van der Waals surface area contributed by atoms with Crippen molar-refractivity contribution in [2.75, 3.05) is 5.32 Å². The number of anilines is 1. The highest BCUT2D eigenvalue weighted by atomic mass is 79.9. The number of carbonyl (C=O) groups is 1. The lowest BCUT2D eigenvalue weighted by atomic mass is 9.45. The summed E-state index contributed by atoms with van der Waals surface area (Å²) in [4.78, 5) is 25.7. The van der Waals surface area contributed by atoms with Crippen molar-refractivity contribution in [2.24, 2.45) is 23.2 Å². The fourth-order valence-corrected chi connectivity index (χ4v) is 6.35. The Morgan fingerprint density at radius 2 is 1.94 bits per heavy atom. The van der Waals surface area contributed by atoms with Gasteiger partial charge in [-0.15, -0.1) is 0 Å². The van der Waals surface area contributed by atoms with E-state index >= 15 is 0 Å². The van der Waals surface area contributed by atoms with E-state index in [9.17, 15) is 9.59 Å². The van der Waals surface area contributed by atoms with Crippen LogP contribution in [0.4, 0.5) is 5.69 Å². The third-order valence-electron chi connectivity index (χ3n) is 8.20. The number of halogens is 1. The number of Topliss-reactive ketones (excluding diaryl/α,β-unsaturated/α-hetero) is 1. The second-order valence-electron chi connectivity index (χ2n) is 11.0. The van der Waals surface area contributed by atoms with Gasteiger partial charge in [-0.25, -0.2) is 4.68 Å². The molecule has 6 heteroatoms. The Hall–Kier alpha value is -1.95. The van der Waals surface area contributed by atoms with Crippen molar-refractivity contribution >= 4 is 27.4 Å². The SMILES string of the molecule is C[C@@H]1[C@H]2C[C@@H](C[C@H]1Nc1cnn(CC(=O)CC(C)(C)c3ccccc3)c(=O)c1Br)C2(C)C. The van der Waals surface area contributed by atoms with Crippen LogP contribution in [0.3, 0.4) is 0 Å². The summed E-state index contributed by atoms with van der Waals surface area (Å²) in [5.41, 5.74) is 1.68. The molecule has 1 heterocycles. The highest BCUT2D eigenvalue weighted by Crippen LogP contribution is 2.61. The third kappa shape index (κ3) is 4.18. The summed E-state index contributed by atoms with van der Waals surface area (Å²) in [6, 6.07) is 10.3. The predicted molar refractivity (Wildman–Crippen MR) is 132 cm³/mol. The average Bonchev–Trinajstić information content (AvgIpc) is 2.74. The Labute approximate surface area is 199 Å². The maximum atomic E-state index is 12.9. The Balaban J connectivity index is 1.43. The van der Waals surface area contributed by atoms with Crippen LogP contribution >= 0.6 is 15.9 Å². The van der Waals surface area contributed by atoms with Crippen LogP contribution in [0.5, 0.6) is 0 Å². The molecule has 1 aromatic heterocycles. The van der Waals surface area contributed by atoms with E-state index in [0.29, 0.717) is 28.3 Å². The predicted octanol–water partition coefficient (Wildman–Crippen LogP) is 5.43. The molecule has 1 N–H and O–H groups in total. The van der Waals surface area contributed by atoms with Crippen molar-refractivity contribution in [3.63, 3.8) is 0 Å². The molecule has 0 spiro atoms. The molecule has 4 atom stereocenters. The fourth-order valence-electron chi connectivity index (χ4n) is 5.93. The summed E-state index contributed by atoms with van der Waals surface area (Å²) in [7, 11) is 0. The first-order chi connectivity index (χ1) is 15.0. The molecule has 0 saturated heterocycles. The quantitative estimate of drug-likeness (QED) is 0.551. The third-order valence-corrected chi connectivity index (χ3v) is 8.97. The van der Waals surface area contributed by atoms with Gasteiger partial charge >= 0.3 is 0 Å². The van der Waals surface area contributed by atoms with E-state index in [0.717, 1.165) is 29.5 Å². The summed E-state index contributed by atoms with van der Waals surface area (Å²) >= 11 is 3.47. The molecular weight excluding hydrogens is 466 g/mol. The zero-order chi connectivity index (χ0) is 23.3. The van der Waals surface area contributed by atoms with Gasteiger partial charge < -0.3 is 5.32 Å². The second-order valence-corrected chi connectivity index (χ2v) is 11.8. The fraction of sp³-hybridized carbons (Fsp3) is 0.577. The van der Waals surface area contributed by atoms with Crippen LogP contribution in [-0.2, 0) is 16.8 Å². The lowest BCUT2D eigenvalue weighted by Gasteiger charge is -2.62. The van der Waals surface area contributed by atoms with E-state index in [-0.39, 0.29) is 23.3 Å². The number of rotatable bonds is 7. The molecule has 0 unspecified atom stereocenters. The first kappa shape index (κ1) is 23.2.